The molecule has 3 heteroatoms. The van der Waals surface area contributed by atoms with E-state index in [-0.39, 0.29) is 18.8 Å². The molecule has 1 aliphatic rings. The number of cyclic esters (lactones) is 1. The summed E-state index contributed by atoms with van der Waals surface area (Å²) < 4.78 is 18.4. The number of ether oxygens (including phenoxy) is 1. The number of halogens is 1. The van der Waals surface area contributed by atoms with Gasteiger partial charge in [-0.3, -0.25) is 4.79 Å². The van der Waals surface area contributed by atoms with E-state index in [0.29, 0.717) is 0 Å². The second-order valence-electron chi connectivity index (χ2n) is 3.38. The van der Waals surface area contributed by atoms with Crippen LogP contribution in [0, 0.1) is 0 Å². The minimum atomic E-state index is -1.07. The Morgan fingerprint density at radius 3 is 2.71 bits per heavy atom. The van der Waals surface area contributed by atoms with E-state index in [9.17, 15) is 9.18 Å². The number of carbonyl (C=O) groups is 1. The lowest BCUT2D eigenvalue weighted by atomic mass is 9.99. The Balaban J connectivity index is 2.20. The van der Waals surface area contributed by atoms with Crippen LogP contribution in [0.1, 0.15) is 24.5 Å². The highest BCUT2D eigenvalue weighted by atomic mass is 19.1. The number of rotatable bonds is 1. The Hall–Kier alpha value is -1.38. The quantitative estimate of drug-likeness (QED) is 0.642. The van der Waals surface area contributed by atoms with Gasteiger partial charge in [-0.25, -0.2) is 4.39 Å². The molecule has 0 saturated carbocycles. The molecule has 1 fully saturated rings. The van der Waals surface area contributed by atoms with Gasteiger partial charge in [0.1, 0.15) is 6.17 Å². The van der Waals surface area contributed by atoms with E-state index in [1.807, 2.05) is 18.2 Å². The molecular weight excluding hydrogens is 183 g/mol. The minimum absolute atomic E-state index is 0.185. The van der Waals surface area contributed by atoms with Crippen molar-refractivity contribution in [1.82, 2.24) is 0 Å². The monoisotopic (exact) mass is 194 g/mol. The number of hydrogen-bond donors (Lipinski definition) is 0. The summed E-state index contributed by atoms with van der Waals surface area (Å²) in [7, 11) is 0. The van der Waals surface area contributed by atoms with Crippen LogP contribution < -0.4 is 0 Å². The molecule has 0 unspecified atom stereocenters. The first kappa shape index (κ1) is 9.19. The Labute approximate surface area is 81.7 Å². The zero-order chi connectivity index (χ0) is 9.97. The lowest BCUT2D eigenvalue weighted by Gasteiger charge is -2.26. The molecule has 0 N–H and O–H groups in total. The maximum Gasteiger partial charge on any atom is 0.306 e. The second-order valence-corrected chi connectivity index (χ2v) is 3.38. The summed E-state index contributed by atoms with van der Waals surface area (Å²) in [6, 6.07) is 9.02. The highest BCUT2D eigenvalue weighted by Crippen LogP contribution is 2.30. The van der Waals surface area contributed by atoms with E-state index >= 15 is 0 Å². The molecule has 0 spiro atoms. The van der Waals surface area contributed by atoms with Crippen LogP contribution in [0.15, 0.2) is 30.3 Å². The van der Waals surface area contributed by atoms with Crippen molar-refractivity contribution in [3.8, 4) is 0 Å². The van der Waals surface area contributed by atoms with Gasteiger partial charge in [0.05, 0.1) is 0 Å². The second kappa shape index (κ2) is 3.78. The van der Waals surface area contributed by atoms with Gasteiger partial charge in [0, 0.05) is 6.42 Å². The molecular formula is C11H11FO2. The Morgan fingerprint density at radius 1 is 1.29 bits per heavy atom. The highest BCUT2D eigenvalue weighted by Gasteiger charge is 2.31. The maximum absolute atomic E-state index is 13.4. The molecule has 1 saturated heterocycles. The molecule has 0 amide bonds. The summed E-state index contributed by atoms with van der Waals surface area (Å²) in [5.41, 5.74) is 0.730. The maximum atomic E-state index is 13.4. The van der Waals surface area contributed by atoms with Crippen molar-refractivity contribution in [3.63, 3.8) is 0 Å². The van der Waals surface area contributed by atoms with E-state index in [1.54, 1.807) is 12.1 Å². The van der Waals surface area contributed by atoms with Gasteiger partial charge in [-0.1, -0.05) is 30.3 Å². The van der Waals surface area contributed by atoms with Crippen LogP contribution in [0.4, 0.5) is 4.39 Å². The van der Waals surface area contributed by atoms with Gasteiger partial charge < -0.3 is 4.74 Å². The first-order valence-electron chi connectivity index (χ1n) is 4.66. The fraction of sp³-hybridized carbons (Fsp3) is 0.364. The third-order valence-corrected chi connectivity index (χ3v) is 2.34. The van der Waals surface area contributed by atoms with Crippen molar-refractivity contribution >= 4 is 5.97 Å². The van der Waals surface area contributed by atoms with E-state index in [1.165, 1.54) is 0 Å². The molecule has 2 rings (SSSR count). The third kappa shape index (κ3) is 1.76. The normalized spacial score (nSPS) is 27.1. The fourth-order valence-corrected chi connectivity index (χ4v) is 1.60. The van der Waals surface area contributed by atoms with Crippen molar-refractivity contribution in [1.29, 1.82) is 0 Å². The van der Waals surface area contributed by atoms with Crippen molar-refractivity contribution < 1.29 is 13.9 Å². The smallest absolute Gasteiger partial charge is 0.306 e. The van der Waals surface area contributed by atoms with Crippen molar-refractivity contribution in [2.75, 3.05) is 0 Å². The molecule has 74 valence electrons. The van der Waals surface area contributed by atoms with Crippen molar-refractivity contribution in [2.24, 2.45) is 0 Å². The summed E-state index contributed by atoms with van der Waals surface area (Å²) in [5, 5.41) is 0. The number of hydrogen-bond acceptors (Lipinski definition) is 2. The molecule has 1 heterocycles. The SMILES string of the molecule is O=C1CC[C@H](F)[C@H](c2ccccc2)O1. The summed E-state index contributed by atoms with van der Waals surface area (Å²) in [6.45, 7) is 0. The Morgan fingerprint density at radius 2 is 2.00 bits per heavy atom. The highest BCUT2D eigenvalue weighted by molar-refractivity contribution is 5.70. The largest absolute Gasteiger partial charge is 0.454 e. The molecule has 0 bridgehead atoms. The van der Waals surface area contributed by atoms with Crippen LogP contribution in [0.2, 0.25) is 0 Å². The summed E-state index contributed by atoms with van der Waals surface area (Å²) in [6.07, 6.45) is -1.34. The van der Waals surface area contributed by atoms with Gasteiger partial charge in [0.2, 0.25) is 0 Å². The molecule has 1 aromatic carbocycles. The predicted octanol–water partition coefficient (Wildman–Crippen LogP) is 2.40. The Kier molecular flexibility index (Phi) is 2.48. The number of alkyl halides is 1. The summed E-state index contributed by atoms with van der Waals surface area (Å²) in [4.78, 5) is 11.0. The molecule has 0 aromatic heterocycles. The number of benzene rings is 1. The summed E-state index contributed by atoms with van der Waals surface area (Å²) >= 11 is 0. The van der Waals surface area contributed by atoms with E-state index in [0.717, 1.165) is 5.56 Å². The average Bonchev–Trinajstić information content (AvgIpc) is 2.23. The van der Waals surface area contributed by atoms with Gasteiger partial charge >= 0.3 is 5.97 Å². The van der Waals surface area contributed by atoms with Gasteiger partial charge in [0.25, 0.3) is 0 Å². The Bertz CT molecular complexity index is 323. The average molecular weight is 194 g/mol. The first-order chi connectivity index (χ1) is 6.77. The van der Waals surface area contributed by atoms with Crippen molar-refractivity contribution in [2.45, 2.75) is 25.1 Å². The van der Waals surface area contributed by atoms with E-state index < -0.39 is 12.3 Å². The zero-order valence-electron chi connectivity index (χ0n) is 7.65. The fourth-order valence-electron chi connectivity index (χ4n) is 1.60. The molecule has 2 nitrogen and oxygen atoms in total. The van der Waals surface area contributed by atoms with E-state index in [2.05, 4.69) is 0 Å². The van der Waals surface area contributed by atoms with Crippen LogP contribution in [0.3, 0.4) is 0 Å². The lowest BCUT2D eigenvalue weighted by Crippen LogP contribution is -2.27. The zero-order valence-corrected chi connectivity index (χ0v) is 7.65. The molecule has 0 radical (unpaired) electrons. The van der Waals surface area contributed by atoms with Gasteiger partial charge in [0.15, 0.2) is 6.10 Å². The molecule has 1 aliphatic heterocycles. The van der Waals surface area contributed by atoms with Gasteiger partial charge in [-0.2, -0.15) is 0 Å². The third-order valence-electron chi connectivity index (χ3n) is 2.34. The van der Waals surface area contributed by atoms with Crippen LogP contribution >= 0.6 is 0 Å². The minimum Gasteiger partial charge on any atom is -0.454 e. The molecule has 14 heavy (non-hydrogen) atoms. The summed E-state index contributed by atoms with van der Waals surface area (Å²) in [5.74, 6) is -0.312. The van der Waals surface area contributed by atoms with Crippen LogP contribution in [0.25, 0.3) is 0 Å². The lowest BCUT2D eigenvalue weighted by molar-refractivity contribution is -0.160. The van der Waals surface area contributed by atoms with E-state index in [4.69, 9.17) is 4.74 Å². The van der Waals surface area contributed by atoms with Crippen LogP contribution in [-0.4, -0.2) is 12.1 Å². The number of esters is 1. The standard InChI is InChI=1S/C11H11FO2/c12-9-6-7-10(13)14-11(9)8-4-2-1-3-5-8/h1-5,9,11H,6-7H2/t9-,11-/m0/s1. The van der Waals surface area contributed by atoms with Crippen LogP contribution in [0.5, 0.6) is 0 Å². The topological polar surface area (TPSA) is 26.3 Å². The van der Waals surface area contributed by atoms with Crippen LogP contribution in [-0.2, 0) is 9.53 Å². The van der Waals surface area contributed by atoms with Gasteiger partial charge in [-0.05, 0) is 12.0 Å². The molecule has 0 aliphatic carbocycles. The predicted molar refractivity (Wildman–Crippen MR) is 49.4 cm³/mol. The van der Waals surface area contributed by atoms with Gasteiger partial charge in [-0.15, -0.1) is 0 Å². The molecule has 2 atom stereocenters. The molecule has 1 aromatic rings. The van der Waals surface area contributed by atoms with Crippen molar-refractivity contribution in [3.05, 3.63) is 35.9 Å². The first-order valence-corrected chi connectivity index (χ1v) is 4.66. The number of carbonyl (C=O) groups excluding carboxylic acids is 1.